The molecule has 2 aromatic carbocycles. The second-order valence-electron chi connectivity index (χ2n) is 4.55. The van der Waals surface area contributed by atoms with Crippen molar-refractivity contribution < 1.29 is 8.78 Å². The number of anilines is 1. The highest BCUT2D eigenvalue weighted by Gasteiger charge is 2.10. The Bertz CT molecular complexity index is 566. The minimum atomic E-state index is -0.815. The lowest BCUT2D eigenvalue weighted by molar-refractivity contribution is 0.506. The number of nitrogens with one attached hydrogen (secondary N) is 1. The summed E-state index contributed by atoms with van der Waals surface area (Å²) >= 11 is 0. The van der Waals surface area contributed by atoms with Gasteiger partial charge in [0.2, 0.25) is 0 Å². The molecular formula is C16H17F2N. The molecule has 0 fully saturated rings. The first-order chi connectivity index (χ1) is 9.11. The van der Waals surface area contributed by atoms with Crippen molar-refractivity contribution in [2.75, 3.05) is 5.32 Å². The molecule has 1 nitrogen and oxygen atoms in total. The monoisotopic (exact) mass is 261 g/mol. The fourth-order valence-corrected chi connectivity index (χ4v) is 2.07. The first kappa shape index (κ1) is 13.5. The summed E-state index contributed by atoms with van der Waals surface area (Å²) in [5.74, 6) is -1.63. The third kappa shape index (κ3) is 3.11. The van der Waals surface area contributed by atoms with Gasteiger partial charge in [-0.1, -0.05) is 31.2 Å². The molecule has 0 radical (unpaired) electrons. The van der Waals surface area contributed by atoms with Crippen molar-refractivity contribution in [2.24, 2.45) is 0 Å². The molecule has 0 amide bonds. The molecule has 0 saturated carbocycles. The fourth-order valence-electron chi connectivity index (χ4n) is 2.07. The van der Waals surface area contributed by atoms with Crippen LogP contribution >= 0.6 is 0 Å². The molecule has 2 aromatic rings. The maximum Gasteiger partial charge on any atom is 0.159 e. The van der Waals surface area contributed by atoms with Gasteiger partial charge < -0.3 is 5.32 Å². The summed E-state index contributed by atoms with van der Waals surface area (Å²) in [7, 11) is 0. The zero-order valence-corrected chi connectivity index (χ0v) is 11.1. The summed E-state index contributed by atoms with van der Waals surface area (Å²) in [6.07, 6.45) is 0.924. The van der Waals surface area contributed by atoms with E-state index >= 15 is 0 Å². The van der Waals surface area contributed by atoms with Crippen LogP contribution in [0.2, 0.25) is 0 Å². The summed E-state index contributed by atoms with van der Waals surface area (Å²) < 4.78 is 26.1. The van der Waals surface area contributed by atoms with Crippen LogP contribution in [-0.2, 0) is 6.42 Å². The average Bonchev–Trinajstić information content (AvgIpc) is 2.42. The minimum absolute atomic E-state index is 0.0807. The number of rotatable bonds is 4. The van der Waals surface area contributed by atoms with Gasteiger partial charge in [-0.25, -0.2) is 8.78 Å². The smallest absolute Gasteiger partial charge is 0.159 e. The topological polar surface area (TPSA) is 12.0 Å². The lowest BCUT2D eigenvalue weighted by Crippen LogP contribution is -2.08. The van der Waals surface area contributed by atoms with Gasteiger partial charge in [0.15, 0.2) is 11.6 Å². The van der Waals surface area contributed by atoms with E-state index in [0.29, 0.717) is 0 Å². The zero-order valence-electron chi connectivity index (χ0n) is 11.1. The Morgan fingerprint density at radius 3 is 2.47 bits per heavy atom. The number of halogens is 2. The zero-order chi connectivity index (χ0) is 13.8. The van der Waals surface area contributed by atoms with E-state index in [-0.39, 0.29) is 6.04 Å². The first-order valence-corrected chi connectivity index (χ1v) is 6.41. The molecule has 0 aromatic heterocycles. The predicted molar refractivity (Wildman–Crippen MR) is 74.2 cm³/mol. The Hall–Kier alpha value is -1.90. The van der Waals surface area contributed by atoms with Crippen LogP contribution < -0.4 is 5.32 Å². The first-order valence-electron chi connectivity index (χ1n) is 6.41. The van der Waals surface area contributed by atoms with Gasteiger partial charge in [0, 0.05) is 11.7 Å². The molecule has 1 atom stereocenters. The number of benzene rings is 2. The van der Waals surface area contributed by atoms with Crippen molar-refractivity contribution in [3.05, 3.63) is 65.2 Å². The molecule has 0 spiro atoms. The van der Waals surface area contributed by atoms with E-state index in [0.717, 1.165) is 23.7 Å². The SMILES string of the molecule is CCc1ccccc1NC(C)c1ccc(F)c(F)c1. The van der Waals surface area contributed by atoms with Crippen molar-refractivity contribution in [3.63, 3.8) is 0 Å². The van der Waals surface area contributed by atoms with Crippen LogP contribution in [-0.4, -0.2) is 0 Å². The van der Waals surface area contributed by atoms with Gasteiger partial charge in [0.05, 0.1) is 0 Å². The molecule has 0 aliphatic rings. The Balaban J connectivity index is 2.20. The van der Waals surface area contributed by atoms with E-state index in [1.165, 1.54) is 11.6 Å². The van der Waals surface area contributed by atoms with Gasteiger partial charge in [-0.15, -0.1) is 0 Å². The van der Waals surface area contributed by atoms with Crippen molar-refractivity contribution in [2.45, 2.75) is 26.3 Å². The molecule has 0 saturated heterocycles. The van der Waals surface area contributed by atoms with Crippen molar-refractivity contribution in [1.82, 2.24) is 0 Å². The third-order valence-electron chi connectivity index (χ3n) is 3.21. The minimum Gasteiger partial charge on any atom is -0.378 e. The molecule has 0 bridgehead atoms. The maximum atomic E-state index is 13.2. The van der Waals surface area contributed by atoms with E-state index in [1.807, 2.05) is 25.1 Å². The van der Waals surface area contributed by atoms with Crippen LogP contribution in [0.4, 0.5) is 14.5 Å². The van der Waals surface area contributed by atoms with Crippen LogP contribution in [0.25, 0.3) is 0 Å². The van der Waals surface area contributed by atoms with Gasteiger partial charge in [0.1, 0.15) is 0 Å². The quantitative estimate of drug-likeness (QED) is 0.841. The molecule has 3 heteroatoms. The predicted octanol–water partition coefficient (Wildman–Crippen LogP) is 4.70. The summed E-state index contributed by atoms with van der Waals surface area (Å²) in [5, 5.41) is 3.34. The molecule has 19 heavy (non-hydrogen) atoms. The number of hydrogen-bond acceptors (Lipinski definition) is 1. The Labute approximate surface area is 112 Å². The fraction of sp³-hybridized carbons (Fsp3) is 0.250. The molecule has 1 unspecified atom stereocenters. The van der Waals surface area contributed by atoms with Gasteiger partial charge in [0.25, 0.3) is 0 Å². The van der Waals surface area contributed by atoms with Gasteiger partial charge in [-0.05, 0) is 42.7 Å². The Morgan fingerprint density at radius 1 is 1.05 bits per heavy atom. The summed E-state index contributed by atoms with van der Waals surface area (Å²) in [6.45, 7) is 4.02. The second kappa shape index (κ2) is 5.83. The van der Waals surface area contributed by atoms with Crippen LogP contribution in [0.1, 0.15) is 31.0 Å². The molecule has 2 rings (SSSR count). The van der Waals surface area contributed by atoms with Crippen LogP contribution in [0.3, 0.4) is 0 Å². The summed E-state index contributed by atoms with van der Waals surface area (Å²) in [5.41, 5.74) is 2.96. The van der Waals surface area contributed by atoms with E-state index in [4.69, 9.17) is 0 Å². The van der Waals surface area contributed by atoms with Crippen molar-refractivity contribution in [1.29, 1.82) is 0 Å². The third-order valence-corrected chi connectivity index (χ3v) is 3.21. The summed E-state index contributed by atoms with van der Waals surface area (Å²) in [4.78, 5) is 0. The number of hydrogen-bond donors (Lipinski definition) is 1. The highest BCUT2D eigenvalue weighted by atomic mass is 19.2. The van der Waals surface area contributed by atoms with E-state index in [2.05, 4.69) is 18.3 Å². The Morgan fingerprint density at radius 2 is 1.79 bits per heavy atom. The van der Waals surface area contributed by atoms with Gasteiger partial charge >= 0.3 is 0 Å². The molecule has 0 aliphatic carbocycles. The van der Waals surface area contributed by atoms with Crippen molar-refractivity contribution >= 4 is 5.69 Å². The van der Waals surface area contributed by atoms with Crippen molar-refractivity contribution in [3.8, 4) is 0 Å². The van der Waals surface area contributed by atoms with E-state index < -0.39 is 11.6 Å². The van der Waals surface area contributed by atoms with Crippen LogP contribution in [0.15, 0.2) is 42.5 Å². The lowest BCUT2D eigenvalue weighted by atomic mass is 10.1. The second-order valence-corrected chi connectivity index (χ2v) is 4.55. The van der Waals surface area contributed by atoms with Crippen LogP contribution in [0.5, 0.6) is 0 Å². The highest BCUT2D eigenvalue weighted by molar-refractivity contribution is 5.52. The maximum absolute atomic E-state index is 13.2. The lowest BCUT2D eigenvalue weighted by Gasteiger charge is -2.18. The highest BCUT2D eigenvalue weighted by Crippen LogP contribution is 2.23. The van der Waals surface area contributed by atoms with E-state index in [1.54, 1.807) is 6.07 Å². The number of para-hydroxylation sites is 1. The molecular weight excluding hydrogens is 244 g/mol. The normalized spacial score (nSPS) is 12.2. The molecule has 100 valence electrons. The molecule has 0 aliphatic heterocycles. The molecule has 1 N–H and O–H groups in total. The van der Waals surface area contributed by atoms with Crippen LogP contribution in [0, 0.1) is 11.6 Å². The summed E-state index contributed by atoms with van der Waals surface area (Å²) in [6, 6.07) is 11.9. The average molecular weight is 261 g/mol. The van der Waals surface area contributed by atoms with E-state index in [9.17, 15) is 8.78 Å². The van der Waals surface area contributed by atoms with Gasteiger partial charge in [-0.3, -0.25) is 0 Å². The largest absolute Gasteiger partial charge is 0.378 e. The number of aryl methyl sites for hydroxylation is 1. The Kier molecular flexibility index (Phi) is 4.15. The standard InChI is InChI=1S/C16H17F2N/c1-3-12-6-4-5-7-16(12)19-11(2)13-8-9-14(17)15(18)10-13/h4-11,19H,3H2,1-2H3. The van der Waals surface area contributed by atoms with Gasteiger partial charge in [-0.2, -0.15) is 0 Å². The molecule has 0 heterocycles.